The molecule has 7 N–H and O–H groups in total. The van der Waals surface area contributed by atoms with Crippen molar-refractivity contribution in [3.05, 3.63) is 83.3 Å². The highest BCUT2D eigenvalue weighted by molar-refractivity contribution is 5.89. The summed E-state index contributed by atoms with van der Waals surface area (Å²) in [5.74, 6) is 0.0315. The highest BCUT2D eigenvalue weighted by Crippen LogP contribution is 2.23. The van der Waals surface area contributed by atoms with Crippen molar-refractivity contribution in [3.8, 4) is 5.75 Å². The Kier molecular flexibility index (Phi) is 11.8. The van der Waals surface area contributed by atoms with Crippen molar-refractivity contribution in [3.63, 3.8) is 0 Å². The van der Waals surface area contributed by atoms with Crippen LogP contribution in [0.4, 0.5) is 4.39 Å². The number of phenolic OH excluding ortho intramolecular Hbond substituents is 1. The number of nitrogens with two attached hydrogens (primary N) is 3. The Morgan fingerprint density at radius 3 is 2.12 bits per heavy atom. The summed E-state index contributed by atoms with van der Waals surface area (Å²) in [4.78, 5) is 12.8. The van der Waals surface area contributed by atoms with Crippen LogP contribution in [0.2, 0.25) is 0 Å². The first-order valence-corrected chi connectivity index (χ1v) is 9.78. The van der Waals surface area contributed by atoms with E-state index < -0.39 is 0 Å². The zero-order valence-electron chi connectivity index (χ0n) is 18.3. The summed E-state index contributed by atoms with van der Waals surface area (Å²) in [6.45, 7) is 2.66. The normalized spacial score (nSPS) is 13.0. The van der Waals surface area contributed by atoms with Gasteiger partial charge in [-0.3, -0.25) is 4.39 Å². The van der Waals surface area contributed by atoms with Gasteiger partial charge in [0.15, 0.2) is 0 Å². The maximum absolute atomic E-state index is 10.8. The van der Waals surface area contributed by atoms with Gasteiger partial charge in [0.1, 0.15) is 11.6 Å². The van der Waals surface area contributed by atoms with Crippen LogP contribution in [-0.2, 0) is 9.47 Å². The summed E-state index contributed by atoms with van der Waals surface area (Å²) in [6, 6.07) is 15.7. The van der Waals surface area contributed by atoms with Gasteiger partial charge in [-0.05, 0) is 30.3 Å². The molecule has 2 aromatic carbocycles. The number of aromatic hydroxyl groups is 1. The van der Waals surface area contributed by atoms with E-state index in [2.05, 4.69) is 4.74 Å². The van der Waals surface area contributed by atoms with E-state index in [4.69, 9.17) is 21.9 Å². The molecule has 0 aromatic heterocycles. The number of halogens is 1. The Morgan fingerprint density at radius 2 is 1.59 bits per heavy atom. The minimum Gasteiger partial charge on any atom is -0.507 e. The first-order valence-electron chi connectivity index (χ1n) is 9.78. The second-order valence-corrected chi connectivity index (χ2v) is 6.41. The number of hydrogen-bond donors (Lipinski definition) is 4. The van der Waals surface area contributed by atoms with Gasteiger partial charge in [0.25, 0.3) is 0 Å². The fourth-order valence-electron chi connectivity index (χ4n) is 2.80. The van der Waals surface area contributed by atoms with E-state index in [0.29, 0.717) is 56.0 Å². The maximum atomic E-state index is 10.8. The number of allylic oxidation sites excluding steroid dienone is 1. The van der Waals surface area contributed by atoms with E-state index in [0.717, 1.165) is 0 Å². The molecule has 2 aromatic rings. The number of phenols is 1. The molecule has 0 bridgehead atoms. The van der Waals surface area contributed by atoms with Gasteiger partial charge >= 0.3 is 5.97 Å². The summed E-state index contributed by atoms with van der Waals surface area (Å²) >= 11 is 0. The van der Waals surface area contributed by atoms with Gasteiger partial charge < -0.3 is 36.7 Å². The number of ether oxygens (including phenoxy) is 2. The van der Waals surface area contributed by atoms with E-state index in [1.807, 2.05) is 11.0 Å². The maximum Gasteiger partial charge on any atom is 0.337 e. The number of methoxy groups -OCH3 is 1. The fraction of sp³-hybridized carbons (Fsp3) is 0.261. The molecule has 3 rings (SSSR count). The van der Waals surface area contributed by atoms with Crippen LogP contribution in [0.1, 0.15) is 15.9 Å². The summed E-state index contributed by atoms with van der Waals surface area (Å²) in [7, 11) is 1.87. The van der Waals surface area contributed by atoms with E-state index in [1.54, 1.807) is 54.6 Å². The zero-order chi connectivity index (χ0) is 23.9. The minimum absolute atomic E-state index is 0.123. The van der Waals surface area contributed by atoms with Crippen LogP contribution in [0.25, 0.3) is 5.70 Å². The number of para-hydroxylation sites is 1. The molecule has 1 aliphatic heterocycles. The number of nitrogens with zero attached hydrogens (tertiary/aromatic N) is 1. The number of morpholine rings is 1. The molecule has 174 valence electrons. The van der Waals surface area contributed by atoms with E-state index in [9.17, 15) is 14.3 Å². The molecule has 1 saturated heterocycles. The van der Waals surface area contributed by atoms with Gasteiger partial charge in [0.05, 0.1) is 38.8 Å². The van der Waals surface area contributed by atoms with Crippen molar-refractivity contribution in [2.45, 2.75) is 0 Å². The van der Waals surface area contributed by atoms with Gasteiger partial charge in [-0.2, -0.15) is 0 Å². The van der Waals surface area contributed by atoms with Gasteiger partial charge in [-0.1, -0.05) is 30.3 Å². The lowest BCUT2D eigenvalue weighted by atomic mass is 10.1. The van der Waals surface area contributed by atoms with Crippen LogP contribution >= 0.6 is 0 Å². The number of carbonyl (C=O) groups excluding carboxylic acids is 1. The highest BCUT2D eigenvalue weighted by Gasteiger charge is 2.15. The van der Waals surface area contributed by atoms with Crippen molar-refractivity contribution in [1.29, 1.82) is 0 Å². The molecule has 0 spiro atoms. The van der Waals surface area contributed by atoms with Crippen LogP contribution in [0.3, 0.4) is 0 Å². The monoisotopic (exact) mass is 446 g/mol. The average molecular weight is 447 g/mol. The Labute approximate surface area is 187 Å². The summed E-state index contributed by atoms with van der Waals surface area (Å²) in [5, 5.41) is 9.81. The molecule has 1 aliphatic rings. The van der Waals surface area contributed by atoms with Gasteiger partial charge in [0.2, 0.25) is 0 Å². The number of rotatable bonds is 4. The molecule has 0 radical (unpaired) electrons. The molecule has 9 heteroatoms. The van der Waals surface area contributed by atoms with Crippen LogP contribution in [-0.4, -0.2) is 56.6 Å². The van der Waals surface area contributed by atoms with Crippen LogP contribution < -0.4 is 17.2 Å². The quantitative estimate of drug-likeness (QED) is 0.414. The van der Waals surface area contributed by atoms with Crippen molar-refractivity contribution in [2.75, 3.05) is 40.6 Å². The minimum atomic E-state index is -0.291. The third-order valence-electron chi connectivity index (χ3n) is 4.35. The summed E-state index contributed by atoms with van der Waals surface area (Å²) in [6.07, 6.45) is 1.69. The van der Waals surface area contributed by atoms with Crippen LogP contribution in [0.5, 0.6) is 5.75 Å². The van der Waals surface area contributed by atoms with E-state index in [-0.39, 0.29) is 17.5 Å². The topological polar surface area (TPSA) is 137 Å². The Balaban J connectivity index is 0.000000358. The lowest BCUT2D eigenvalue weighted by Gasteiger charge is -2.30. The Morgan fingerprint density at radius 1 is 1.03 bits per heavy atom. The van der Waals surface area contributed by atoms with E-state index >= 15 is 0 Å². The lowest BCUT2D eigenvalue weighted by molar-refractivity contribution is 0.0548. The molecule has 0 amide bonds. The SMILES string of the molecule is CF.COC(=O)c1ccccc1.NC(N)=C(/C=C(\N)c1ccccc1O)N1CCOCC1. The van der Waals surface area contributed by atoms with Crippen molar-refractivity contribution in [2.24, 2.45) is 17.2 Å². The molecule has 32 heavy (non-hydrogen) atoms. The van der Waals surface area contributed by atoms with Crippen molar-refractivity contribution in [1.82, 2.24) is 4.90 Å². The third kappa shape index (κ3) is 8.19. The Bertz CT molecular complexity index is 894. The summed E-state index contributed by atoms with van der Waals surface area (Å²) in [5.41, 5.74) is 19.7. The predicted octanol–water partition coefficient (Wildman–Crippen LogP) is 2.17. The molecule has 0 saturated carbocycles. The molecule has 0 aliphatic carbocycles. The van der Waals surface area contributed by atoms with Gasteiger partial charge in [0, 0.05) is 24.4 Å². The number of benzene rings is 2. The molecular weight excluding hydrogens is 415 g/mol. The smallest absolute Gasteiger partial charge is 0.337 e. The largest absolute Gasteiger partial charge is 0.507 e. The number of esters is 1. The third-order valence-corrected chi connectivity index (χ3v) is 4.35. The van der Waals surface area contributed by atoms with Crippen molar-refractivity contribution >= 4 is 11.7 Å². The summed E-state index contributed by atoms with van der Waals surface area (Å²) < 4.78 is 19.3. The fourth-order valence-corrected chi connectivity index (χ4v) is 2.80. The van der Waals surface area contributed by atoms with Crippen LogP contribution in [0.15, 0.2) is 72.2 Å². The predicted molar refractivity (Wildman–Crippen MR) is 123 cm³/mol. The van der Waals surface area contributed by atoms with Gasteiger partial charge in [-0.15, -0.1) is 0 Å². The van der Waals surface area contributed by atoms with E-state index in [1.165, 1.54) is 7.11 Å². The van der Waals surface area contributed by atoms with Gasteiger partial charge in [-0.25, -0.2) is 4.79 Å². The molecule has 8 nitrogen and oxygen atoms in total. The molecule has 1 fully saturated rings. The van der Waals surface area contributed by atoms with Crippen molar-refractivity contribution < 1.29 is 23.8 Å². The molecule has 0 atom stereocenters. The second-order valence-electron chi connectivity index (χ2n) is 6.41. The number of hydrogen-bond acceptors (Lipinski definition) is 8. The second kappa shape index (κ2) is 14.3. The van der Waals surface area contributed by atoms with Crippen LogP contribution in [0, 0.1) is 0 Å². The average Bonchev–Trinajstić information content (AvgIpc) is 2.84. The zero-order valence-corrected chi connectivity index (χ0v) is 18.3. The molecule has 0 unspecified atom stereocenters. The lowest BCUT2D eigenvalue weighted by Crippen LogP contribution is -2.37. The number of alkyl halides is 1. The first-order chi connectivity index (χ1) is 15.4. The highest BCUT2D eigenvalue weighted by atomic mass is 19.1. The molecule has 1 heterocycles. The number of carbonyl (C=O) groups is 1. The standard InChI is InChI=1S/C14H20N4O2.C8H8O2.CH3F/c15-11(10-3-1-2-4-13(10)19)9-12(14(16)17)18-5-7-20-8-6-18;1-10-8(9)7-5-3-2-4-6-7;1-2/h1-4,9,19H,5-8,15-17H2;2-6H,1H3;1H3/b11-9-;;. The first kappa shape index (κ1) is 26.3. The Hall–Kier alpha value is -3.72. The molecular formula is C23H31FN4O4.